The minimum absolute atomic E-state index is 0.00381. The van der Waals surface area contributed by atoms with E-state index in [9.17, 15) is 4.79 Å². The Morgan fingerprint density at radius 1 is 1.41 bits per heavy atom. The number of aromatic amines is 1. The number of amides is 1. The van der Waals surface area contributed by atoms with E-state index in [1.54, 1.807) is 18.1 Å². The number of aromatic nitrogens is 3. The summed E-state index contributed by atoms with van der Waals surface area (Å²) in [5.41, 5.74) is 2.59. The fourth-order valence-electron chi connectivity index (χ4n) is 2.44. The smallest absolute Gasteiger partial charge is 0.247 e. The first kappa shape index (κ1) is 14.7. The van der Waals surface area contributed by atoms with Gasteiger partial charge in [0.1, 0.15) is 6.04 Å². The number of benzene rings is 1. The van der Waals surface area contributed by atoms with Gasteiger partial charge >= 0.3 is 0 Å². The number of hydrogen-bond acceptors (Lipinski definition) is 3. The highest BCUT2D eigenvalue weighted by Gasteiger charge is 2.19. The van der Waals surface area contributed by atoms with E-state index in [0.29, 0.717) is 0 Å². The number of nitrogens with one attached hydrogen (secondary N) is 2. The van der Waals surface area contributed by atoms with Gasteiger partial charge in [0.15, 0.2) is 0 Å². The summed E-state index contributed by atoms with van der Waals surface area (Å²) in [4.78, 5) is 19.9. The van der Waals surface area contributed by atoms with E-state index in [2.05, 4.69) is 21.5 Å². The second kappa shape index (κ2) is 6.70. The van der Waals surface area contributed by atoms with Crippen molar-refractivity contribution in [2.45, 2.75) is 12.5 Å². The minimum atomic E-state index is -0.195. The number of imidazole rings is 1. The van der Waals surface area contributed by atoms with Crippen molar-refractivity contribution in [3.8, 4) is 0 Å². The van der Waals surface area contributed by atoms with E-state index >= 15 is 0 Å². The molecular weight excluding hydrogens is 296 g/mol. The Balaban J connectivity index is 1.77. The van der Waals surface area contributed by atoms with Crippen molar-refractivity contribution in [3.63, 3.8) is 0 Å². The number of H-pyrrole nitrogens is 1. The molecule has 6 heteroatoms. The summed E-state index contributed by atoms with van der Waals surface area (Å²) in [5, 5.41) is 3.00. The van der Waals surface area contributed by atoms with Gasteiger partial charge in [-0.1, -0.05) is 0 Å². The number of anilines is 1. The predicted molar refractivity (Wildman–Crippen MR) is 91.2 cm³/mol. The van der Waals surface area contributed by atoms with Crippen molar-refractivity contribution in [3.05, 3.63) is 49.1 Å². The quantitative estimate of drug-likeness (QED) is 0.734. The molecule has 1 aromatic carbocycles. The lowest BCUT2D eigenvalue weighted by Crippen LogP contribution is -2.25. The number of carbonyl (C=O) groups excluding carboxylic acids is 1. The number of thioether (sulfide) groups is 1. The lowest BCUT2D eigenvalue weighted by molar-refractivity contribution is -0.119. The minimum Gasteiger partial charge on any atom is -0.345 e. The topological polar surface area (TPSA) is 62.7 Å². The van der Waals surface area contributed by atoms with Gasteiger partial charge in [-0.2, -0.15) is 11.8 Å². The molecule has 0 aliphatic rings. The van der Waals surface area contributed by atoms with Crippen molar-refractivity contribution >= 4 is 34.4 Å². The van der Waals surface area contributed by atoms with Crippen LogP contribution in [-0.2, 0) is 4.79 Å². The Labute approximate surface area is 133 Å². The van der Waals surface area contributed by atoms with Crippen molar-refractivity contribution in [2.24, 2.45) is 0 Å². The number of rotatable bonds is 6. The third kappa shape index (κ3) is 3.17. The van der Waals surface area contributed by atoms with Crippen LogP contribution in [0.1, 0.15) is 12.5 Å². The predicted octanol–water partition coefficient (Wildman–Crippen LogP) is 3.30. The zero-order valence-corrected chi connectivity index (χ0v) is 13.1. The van der Waals surface area contributed by atoms with Gasteiger partial charge < -0.3 is 14.9 Å². The summed E-state index contributed by atoms with van der Waals surface area (Å²) >= 11 is 1.75. The van der Waals surface area contributed by atoms with Gasteiger partial charge in [0.05, 0.1) is 17.4 Å². The van der Waals surface area contributed by atoms with Gasteiger partial charge in [-0.15, -0.1) is 0 Å². The highest BCUT2D eigenvalue weighted by Crippen LogP contribution is 2.20. The van der Waals surface area contributed by atoms with Gasteiger partial charge in [0.25, 0.3) is 0 Å². The van der Waals surface area contributed by atoms with Crippen LogP contribution in [0, 0.1) is 0 Å². The standard InChI is InChI=1S/C16H18N4OS/c1-22-9-6-15(20-7-2-3-8-20)16(21)19-12-4-5-13-14(10-12)18-11-17-13/h2-5,7-8,10-11,15H,6,9H2,1H3,(H,17,18)(H,19,21)/t15-/m0/s1. The van der Waals surface area contributed by atoms with Crippen molar-refractivity contribution < 1.29 is 4.79 Å². The molecule has 0 bridgehead atoms. The van der Waals surface area contributed by atoms with E-state index in [1.165, 1.54) is 0 Å². The summed E-state index contributed by atoms with van der Waals surface area (Å²) in [7, 11) is 0. The fourth-order valence-corrected chi connectivity index (χ4v) is 2.90. The molecule has 2 aromatic heterocycles. The Morgan fingerprint density at radius 2 is 2.23 bits per heavy atom. The maximum Gasteiger partial charge on any atom is 0.247 e. The van der Waals surface area contributed by atoms with Crippen LogP contribution in [0.3, 0.4) is 0 Å². The molecule has 0 radical (unpaired) electrons. The molecule has 0 saturated heterocycles. The maximum absolute atomic E-state index is 12.6. The van der Waals surface area contributed by atoms with E-state index in [-0.39, 0.29) is 11.9 Å². The summed E-state index contributed by atoms with van der Waals surface area (Å²) in [6.45, 7) is 0. The number of fused-ring (bicyclic) bond motifs is 1. The van der Waals surface area contributed by atoms with Crippen LogP contribution in [0.2, 0.25) is 0 Å². The average Bonchev–Trinajstić information content (AvgIpc) is 3.18. The first-order valence-electron chi connectivity index (χ1n) is 7.13. The van der Waals surface area contributed by atoms with Crippen LogP contribution in [0.5, 0.6) is 0 Å². The molecule has 3 aromatic rings. The normalized spacial score (nSPS) is 12.4. The average molecular weight is 314 g/mol. The van der Waals surface area contributed by atoms with Crippen LogP contribution in [0.25, 0.3) is 11.0 Å². The van der Waals surface area contributed by atoms with Crippen molar-refractivity contribution in [1.29, 1.82) is 0 Å². The third-order valence-corrected chi connectivity index (χ3v) is 4.22. The van der Waals surface area contributed by atoms with Gasteiger partial charge in [0.2, 0.25) is 5.91 Å². The molecule has 1 atom stereocenters. The Bertz CT molecular complexity index is 750. The zero-order chi connectivity index (χ0) is 15.4. The highest BCUT2D eigenvalue weighted by atomic mass is 32.2. The molecule has 5 nitrogen and oxygen atoms in total. The van der Waals surface area contributed by atoms with Crippen LogP contribution in [-0.4, -0.2) is 32.5 Å². The molecule has 114 valence electrons. The van der Waals surface area contributed by atoms with Crippen molar-refractivity contribution in [2.75, 3.05) is 17.3 Å². The monoisotopic (exact) mass is 314 g/mol. The van der Waals surface area contributed by atoms with Gasteiger partial charge in [-0.25, -0.2) is 4.98 Å². The Morgan fingerprint density at radius 3 is 3.00 bits per heavy atom. The molecule has 3 rings (SSSR count). The van der Waals surface area contributed by atoms with E-state index in [1.807, 2.05) is 47.3 Å². The summed E-state index contributed by atoms with van der Waals surface area (Å²) in [6, 6.07) is 9.36. The fraction of sp³-hybridized carbons (Fsp3) is 0.250. The number of hydrogen-bond donors (Lipinski definition) is 2. The second-order valence-corrected chi connectivity index (χ2v) is 6.04. The van der Waals surface area contributed by atoms with E-state index in [0.717, 1.165) is 28.9 Å². The largest absolute Gasteiger partial charge is 0.345 e. The third-order valence-electron chi connectivity index (χ3n) is 3.57. The molecule has 0 unspecified atom stereocenters. The second-order valence-electron chi connectivity index (χ2n) is 5.05. The van der Waals surface area contributed by atoms with E-state index < -0.39 is 0 Å². The van der Waals surface area contributed by atoms with Gasteiger partial charge in [0, 0.05) is 18.1 Å². The first-order chi connectivity index (χ1) is 10.8. The molecule has 2 heterocycles. The van der Waals surface area contributed by atoms with Crippen molar-refractivity contribution in [1.82, 2.24) is 14.5 Å². The zero-order valence-electron chi connectivity index (χ0n) is 12.3. The Hall–Kier alpha value is -2.21. The molecule has 2 N–H and O–H groups in total. The number of nitrogens with zero attached hydrogens (tertiary/aromatic N) is 2. The molecule has 1 amide bonds. The van der Waals surface area contributed by atoms with Crippen LogP contribution >= 0.6 is 11.8 Å². The summed E-state index contributed by atoms with van der Waals surface area (Å²) in [5.74, 6) is 0.944. The summed E-state index contributed by atoms with van der Waals surface area (Å²) < 4.78 is 1.96. The molecule has 0 aliphatic heterocycles. The maximum atomic E-state index is 12.6. The SMILES string of the molecule is CSCC[C@@H](C(=O)Nc1ccc2nc[nH]c2c1)n1cccc1. The lowest BCUT2D eigenvalue weighted by Gasteiger charge is -2.18. The highest BCUT2D eigenvalue weighted by molar-refractivity contribution is 7.98. The number of carbonyl (C=O) groups is 1. The lowest BCUT2D eigenvalue weighted by atomic mass is 10.2. The molecule has 0 saturated carbocycles. The van der Waals surface area contributed by atoms with Crippen LogP contribution < -0.4 is 5.32 Å². The first-order valence-corrected chi connectivity index (χ1v) is 8.52. The molecule has 0 fully saturated rings. The molecular formula is C16H18N4OS. The van der Waals surface area contributed by atoms with Crippen LogP contribution in [0.4, 0.5) is 5.69 Å². The van der Waals surface area contributed by atoms with Gasteiger partial charge in [-0.3, -0.25) is 4.79 Å². The Kier molecular flexibility index (Phi) is 4.48. The van der Waals surface area contributed by atoms with E-state index in [4.69, 9.17) is 0 Å². The molecule has 22 heavy (non-hydrogen) atoms. The van der Waals surface area contributed by atoms with Crippen LogP contribution in [0.15, 0.2) is 49.1 Å². The molecule has 0 aliphatic carbocycles. The molecule has 0 spiro atoms. The summed E-state index contributed by atoms with van der Waals surface area (Å²) in [6.07, 6.45) is 8.37. The van der Waals surface area contributed by atoms with Gasteiger partial charge in [-0.05, 0) is 48.8 Å².